The summed E-state index contributed by atoms with van der Waals surface area (Å²) in [5.41, 5.74) is 8.87. The molecule has 1 aliphatic carbocycles. The quantitative estimate of drug-likeness (QED) is 0.871. The summed E-state index contributed by atoms with van der Waals surface area (Å²) in [4.78, 5) is 0. The SMILES string of the molecule is CCc1cc(C(N)C2CCCCC2)n(CC)n1. The van der Waals surface area contributed by atoms with Gasteiger partial charge >= 0.3 is 0 Å². The summed E-state index contributed by atoms with van der Waals surface area (Å²) in [6.45, 7) is 5.22. The molecule has 2 N–H and O–H groups in total. The van der Waals surface area contributed by atoms with E-state index in [4.69, 9.17) is 5.73 Å². The van der Waals surface area contributed by atoms with Gasteiger partial charge in [0, 0.05) is 12.6 Å². The third-order valence-corrected chi connectivity index (χ3v) is 4.02. The number of hydrogen-bond acceptors (Lipinski definition) is 2. The van der Waals surface area contributed by atoms with Crippen LogP contribution in [-0.4, -0.2) is 9.78 Å². The molecule has 0 amide bonds. The molecule has 0 bridgehead atoms. The van der Waals surface area contributed by atoms with Crippen molar-refractivity contribution >= 4 is 0 Å². The van der Waals surface area contributed by atoms with Gasteiger partial charge in [-0.25, -0.2) is 0 Å². The highest BCUT2D eigenvalue weighted by Crippen LogP contribution is 2.33. The van der Waals surface area contributed by atoms with Crippen LogP contribution < -0.4 is 5.73 Å². The zero-order chi connectivity index (χ0) is 12.3. The second-order valence-electron chi connectivity index (χ2n) is 5.15. The van der Waals surface area contributed by atoms with E-state index in [1.165, 1.54) is 43.5 Å². The van der Waals surface area contributed by atoms with Gasteiger partial charge in [-0.05, 0) is 38.2 Å². The predicted octanol–water partition coefficient (Wildman–Crippen LogP) is 3.05. The van der Waals surface area contributed by atoms with E-state index < -0.39 is 0 Å². The maximum Gasteiger partial charge on any atom is 0.0625 e. The monoisotopic (exact) mass is 235 g/mol. The molecule has 1 aromatic rings. The second-order valence-corrected chi connectivity index (χ2v) is 5.15. The highest BCUT2D eigenvalue weighted by atomic mass is 15.3. The zero-order valence-electron chi connectivity index (χ0n) is 11.2. The molecule has 0 aliphatic heterocycles. The van der Waals surface area contributed by atoms with E-state index in [9.17, 15) is 0 Å². The summed E-state index contributed by atoms with van der Waals surface area (Å²) in [7, 11) is 0. The van der Waals surface area contributed by atoms with Crippen molar-refractivity contribution in [2.24, 2.45) is 11.7 Å². The molecule has 96 valence electrons. The van der Waals surface area contributed by atoms with Crippen molar-refractivity contribution in [1.29, 1.82) is 0 Å². The van der Waals surface area contributed by atoms with Crippen LogP contribution in [0.4, 0.5) is 0 Å². The van der Waals surface area contributed by atoms with E-state index in [0.717, 1.165) is 13.0 Å². The summed E-state index contributed by atoms with van der Waals surface area (Å²) in [6, 6.07) is 2.39. The first-order valence-electron chi connectivity index (χ1n) is 7.08. The Hall–Kier alpha value is -0.830. The maximum absolute atomic E-state index is 6.45. The minimum absolute atomic E-state index is 0.183. The van der Waals surface area contributed by atoms with Crippen LogP contribution in [0.25, 0.3) is 0 Å². The van der Waals surface area contributed by atoms with E-state index >= 15 is 0 Å². The molecule has 3 heteroatoms. The van der Waals surface area contributed by atoms with Gasteiger partial charge in [-0.1, -0.05) is 26.2 Å². The molecule has 0 saturated heterocycles. The first-order valence-corrected chi connectivity index (χ1v) is 7.08. The average molecular weight is 235 g/mol. The van der Waals surface area contributed by atoms with Crippen LogP contribution >= 0.6 is 0 Å². The van der Waals surface area contributed by atoms with Crippen LogP contribution in [0.3, 0.4) is 0 Å². The summed E-state index contributed by atoms with van der Waals surface area (Å²) in [5, 5.41) is 4.60. The Bertz CT molecular complexity index is 350. The van der Waals surface area contributed by atoms with Gasteiger partial charge in [-0.2, -0.15) is 5.10 Å². The van der Waals surface area contributed by atoms with Crippen molar-refractivity contribution < 1.29 is 0 Å². The van der Waals surface area contributed by atoms with E-state index in [0.29, 0.717) is 5.92 Å². The summed E-state index contributed by atoms with van der Waals surface area (Å²) in [6.07, 6.45) is 7.65. The fraction of sp³-hybridized carbons (Fsp3) is 0.786. The van der Waals surface area contributed by atoms with Gasteiger partial charge in [-0.3, -0.25) is 4.68 Å². The highest BCUT2D eigenvalue weighted by molar-refractivity contribution is 5.15. The molecule has 0 aromatic carbocycles. The van der Waals surface area contributed by atoms with Crippen LogP contribution in [-0.2, 0) is 13.0 Å². The Morgan fingerprint density at radius 3 is 2.65 bits per heavy atom. The van der Waals surface area contributed by atoms with Gasteiger partial charge in [0.2, 0.25) is 0 Å². The molecule has 0 radical (unpaired) electrons. The molecule has 1 atom stereocenters. The first kappa shape index (κ1) is 12.6. The van der Waals surface area contributed by atoms with Gasteiger partial charge in [0.1, 0.15) is 0 Å². The highest BCUT2D eigenvalue weighted by Gasteiger charge is 2.24. The zero-order valence-corrected chi connectivity index (χ0v) is 11.2. The van der Waals surface area contributed by atoms with Gasteiger partial charge < -0.3 is 5.73 Å². The van der Waals surface area contributed by atoms with Crippen molar-refractivity contribution in [2.75, 3.05) is 0 Å². The molecule has 1 unspecified atom stereocenters. The molecule has 1 fully saturated rings. The Morgan fingerprint density at radius 2 is 2.06 bits per heavy atom. The van der Waals surface area contributed by atoms with E-state index in [1.54, 1.807) is 0 Å². The minimum atomic E-state index is 0.183. The number of nitrogens with two attached hydrogens (primary N) is 1. The Balaban J connectivity index is 2.16. The number of aromatic nitrogens is 2. The Kier molecular flexibility index (Phi) is 4.21. The average Bonchev–Trinajstić information content (AvgIpc) is 2.82. The molecule has 2 rings (SSSR count). The van der Waals surface area contributed by atoms with E-state index in [2.05, 4.69) is 29.7 Å². The maximum atomic E-state index is 6.45. The third-order valence-electron chi connectivity index (χ3n) is 4.02. The number of aryl methyl sites for hydroxylation is 2. The van der Waals surface area contributed by atoms with E-state index in [1.807, 2.05) is 0 Å². The van der Waals surface area contributed by atoms with Crippen LogP contribution in [0.1, 0.15) is 63.4 Å². The van der Waals surface area contributed by atoms with Gasteiger partial charge in [-0.15, -0.1) is 0 Å². The largest absolute Gasteiger partial charge is 0.322 e. The molecular formula is C14H25N3. The van der Waals surface area contributed by atoms with E-state index in [-0.39, 0.29) is 6.04 Å². The fourth-order valence-electron chi connectivity index (χ4n) is 2.92. The lowest BCUT2D eigenvalue weighted by molar-refractivity contribution is 0.298. The molecule has 0 spiro atoms. The Labute approximate surface area is 104 Å². The molecule has 1 aliphatic rings. The molecule has 1 heterocycles. The fourth-order valence-corrected chi connectivity index (χ4v) is 2.92. The minimum Gasteiger partial charge on any atom is -0.322 e. The molecule has 3 nitrogen and oxygen atoms in total. The lowest BCUT2D eigenvalue weighted by atomic mass is 9.83. The number of hydrogen-bond donors (Lipinski definition) is 1. The number of nitrogens with zero attached hydrogens (tertiary/aromatic N) is 2. The lowest BCUT2D eigenvalue weighted by Crippen LogP contribution is -2.26. The summed E-state index contributed by atoms with van der Waals surface area (Å²) >= 11 is 0. The first-order chi connectivity index (χ1) is 8.26. The second kappa shape index (κ2) is 5.67. The van der Waals surface area contributed by atoms with Gasteiger partial charge in [0.25, 0.3) is 0 Å². The Morgan fingerprint density at radius 1 is 1.35 bits per heavy atom. The van der Waals surface area contributed by atoms with Crippen LogP contribution in [0.5, 0.6) is 0 Å². The van der Waals surface area contributed by atoms with Crippen LogP contribution in [0.2, 0.25) is 0 Å². The van der Waals surface area contributed by atoms with Gasteiger partial charge in [0.15, 0.2) is 0 Å². The third kappa shape index (κ3) is 2.71. The van der Waals surface area contributed by atoms with Crippen molar-refractivity contribution in [3.8, 4) is 0 Å². The van der Waals surface area contributed by atoms with Crippen LogP contribution in [0.15, 0.2) is 6.07 Å². The van der Waals surface area contributed by atoms with Gasteiger partial charge in [0.05, 0.1) is 11.4 Å². The summed E-state index contributed by atoms with van der Waals surface area (Å²) < 4.78 is 2.10. The number of rotatable bonds is 4. The summed E-state index contributed by atoms with van der Waals surface area (Å²) in [5.74, 6) is 0.662. The molecule has 1 saturated carbocycles. The lowest BCUT2D eigenvalue weighted by Gasteiger charge is -2.27. The molecule has 1 aromatic heterocycles. The normalized spacial score (nSPS) is 19.5. The molecular weight excluding hydrogens is 210 g/mol. The van der Waals surface area contributed by atoms with Crippen LogP contribution in [0, 0.1) is 5.92 Å². The predicted molar refractivity (Wildman–Crippen MR) is 70.8 cm³/mol. The smallest absolute Gasteiger partial charge is 0.0625 e. The standard InChI is InChI=1S/C14H25N3/c1-3-12-10-13(17(4-2)16-12)14(15)11-8-6-5-7-9-11/h10-11,14H,3-9,15H2,1-2H3. The van der Waals surface area contributed by atoms with Crippen molar-refractivity contribution in [3.63, 3.8) is 0 Å². The van der Waals surface area contributed by atoms with Crippen molar-refractivity contribution in [1.82, 2.24) is 9.78 Å². The van der Waals surface area contributed by atoms with Crippen molar-refractivity contribution in [2.45, 2.75) is 65.0 Å². The molecule has 17 heavy (non-hydrogen) atoms. The topological polar surface area (TPSA) is 43.8 Å². The van der Waals surface area contributed by atoms with Crippen molar-refractivity contribution in [3.05, 3.63) is 17.5 Å².